The second-order valence-electron chi connectivity index (χ2n) is 6.41. The predicted molar refractivity (Wildman–Crippen MR) is 78.4 cm³/mol. The van der Waals surface area contributed by atoms with Crippen LogP contribution in [0, 0.1) is 22.7 Å². The molecule has 0 radical (unpaired) electrons. The van der Waals surface area contributed by atoms with Gasteiger partial charge in [0, 0.05) is 0 Å². The molecule has 2 rings (SSSR count). The molecule has 0 aliphatic heterocycles. The standard InChI is InChI=1S/C16H22O8/c1-9-7-15(9,11(17)21-3)13(19)23-5-6-24-14(20)16(8-10(16)2)12(18)22-4/h9-10H,5-8H2,1-4H3. The first kappa shape index (κ1) is 18.2. The summed E-state index contributed by atoms with van der Waals surface area (Å²) in [4.78, 5) is 47.5. The van der Waals surface area contributed by atoms with Crippen LogP contribution in [0.15, 0.2) is 0 Å². The van der Waals surface area contributed by atoms with E-state index in [-0.39, 0.29) is 25.0 Å². The minimum absolute atomic E-state index is 0.144. The SMILES string of the molecule is COC(=O)C1(C(=O)OCCOC(=O)C2(C(=O)OC)CC2C)CC1C. The van der Waals surface area contributed by atoms with Crippen LogP contribution in [0.1, 0.15) is 26.7 Å². The molecule has 2 aliphatic carbocycles. The second-order valence-corrected chi connectivity index (χ2v) is 6.41. The van der Waals surface area contributed by atoms with E-state index >= 15 is 0 Å². The molecule has 0 aromatic carbocycles. The Bertz CT molecular complexity index is 520. The number of hydrogen-bond acceptors (Lipinski definition) is 8. The molecule has 0 saturated heterocycles. The lowest BCUT2D eigenvalue weighted by Gasteiger charge is -2.15. The maximum atomic E-state index is 12.1. The number of hydrogen-bond donors (Lipinski definition) is 0. The van der Waals surface area contributed by atoms with Gasteiger partial charge in [-0.3, -0.25) is 19.2 Å². The van der Waals surface area contributed by atoms with Crippen molar-refractivity contribution in [1.82, 2.24) is 0 Å². The van der Waals surface area contributed by atoms with Crippen molar-refractivity contribution in [1.29, 1.82) is 0 Å². The van der Waals surface area contributed by atoms with Crippen molar-refractivity contribution in [2.45, 2.75) is 26.7 Å². The van der Waals surface area contributed by atoms with Gasteiger partial charge in [-0.1, -0.05) is 13.8 Å². The van der Waals surface area contributed by atoms with E-state index in [2.05, 4.69) is 9.47 Å². The summed E-state index contributed by atoms with van der Waals surface area (Å²) in [5, 5.41) is 0. The maximum Gasteiger partial charge on any atom is 0.323 e. The van der Waals surface area contributed by atoms with Crippen LogP contribution in [0.3, 0.4) is 0 Å². The van der Waals surface area contributed by atoms with Crippen LogP contribution in [0.2, 0.25) is 0 Å². The Hall–Kier alpha value is -2.12. The quantitative estimate of drug-likeness (QED) is 0.284. The van der Waals surface area contributed by atoms with Crippen LogP contribution in [0.5, 0.6) is 0 Å². The molecule has 2 saturated carbocycles. The van der Waals surface area contributed by atoms with E-state index in [1.165, 1.54) is 14.2 Å². The van der Waals surface area contributed by atoms with Crippen molar-refractivity contribution in [3.63, 3.8) is 0 Å². The Labute approximate surface area is 139 Å². The summed E-state index contributed by atoms with van der Waals surface area (Å²) < 4.78 is 19.3. The summed E-state index contributed by atoms with van der Waals surface area (Å²) in [6.45, 7) is 3.13. The third-order valence-electron chi connectivity index (χ3n) is 5.00. The lowest BCUT2D eigenvalue weighted by Crippen LogP contribution is -2.33. The van der Waals surface area contributed by atoms with Crippen LogP contribution < -0.4 is 0 Å². The average molecular weight is 342 g/mol. The molecule has 24 heavy (non-hydrogen) atoms. The monoisotopic (exact) mass is 342 g/mol. The van der Waals surface area contributed by atoms with Crippen molar-refractivity contribution in [3.8, 4) is 0 Å². The van der Waals surface area contributed by atoms with Crippen molar-refractivity contribution in [3.05, 3.63) is 0 Å². The van der Waals surface area contributed by atoms with Crippen molar-refractivity contribution in [2.75, 3.05) is 27.4 Å². The zero-order chi connectivity index (χ0) is 18.1. The average Bonchev–Trinajstić information content (AvgIpc) is 3.45. The van der Waals surface area contributed by atoms with Gasteiger partial charge in [-0.2, -0.15) is 0 Å². The Morgan fingerprint density at radius 1 is 0.750 bits per heavy atom. The molecule has 8 heteroatoms. The molecule has 0 bridgehead atoms. The van der Waals surface area contributed by atoms with Gasteiger partial charge in [0.15, 0.2) is 10.8 Å². The molecule has 0 amide bonds. The minimum atomic E-state index is -1.24. The Kier molecular flexibility index (Phi) is 4.87. The Balaban J connectivity index is 1.79. The van der Waals surface area contributed by atoms with E-state index in [1.54, 1.807) is 13.8 Å². The molecule has 8 nitrogen and oxygen atoms in total. The fourth-order valence-corrected chi connectivity index (χ4v) is 3.04. The van der Waals surface area contributed by atoms with Crippen molar-refractivity contribution >= 4 is 23.9 Å². The highest BCUT2D eigenvalue weighted by molar-refractivity contribution is 6.04. The van der Waals surface area contributed by atoms with Gasteiger partial charge < -0.3 is 18.9 Å². The Morgan fingerprint density at radius 3 is 1.25 bits per heavy atom. The molecule has 2 fully saturated rings. The van der Waals surface area contributed by atoms with E-state index in [0.717, 1.165) is 0 Å². The van der Waals surface area contributed by atoms with Crippen LogP contribution >= 0.6 is 0 Å². The van der Waals surface area contributed by atoms with Crippen LogP contribution in [-0.2, 0) is 38.1 Å². The lowest BCUT2D eigenvalue weighted by atomic mass is 10.1. The van der Waals surface area contributed by atoms with Gasteiger partial charge >= 0.3 is 23.9 Å². The lowest BCUT2D eigenvalue weighted by molar-refractivity contribution is -0.170. The molecule has 134 valence electrons. The summed E-state index contributed by atoms with van der Waals surface area (Å²) in [6.07, 6.45) is 0.753. The summed E-state index contributed by atoms with van der Waals surface area (Å²) in [5.74, 6) is -2.88. The van der Waals surface area contributed by atoms with E-state index in [0.29, 0.717) is 12.8 Å². The molecule has 0 aromatic heterocycles. The number of carbonyl (C=O) groups excluding carboxylic acids is 4. The summed E-state index contributed by atoms with van der Waals surface area (Å²) in [5.41, 5.74) is -2.48. The molecule has 2 aliphatic rings. The smallest absolute Gasteiger partial charge is 0.323 e. The second kappa shape index (κ2) is 6.41. The summed E-state index contributed by atoms with van der Waals surface area (Å²) in [7, 11) is 2.43. The number of carbonyl (C=O) groups is 4. The topological polar surface area (TPSA) is 105 Å². The van der Waals surface area contributed by atoms with Gasteiger partial charge in [0.1, 0.15) is 13.2 Å². The van der Waals surface area contributed by atoms with Gasteiger partial charge in [0.2, 0.25) is 0 Å². The van der Waals surface area contributed by atoms with Gasteiger partial charge in [-0.25, -0.2) is 0 Å². The molecule has 0 aromatic rings. The van der Waals surface area contributed by atoms with Crippen LogP contribution in [-0.4, -0.2) is 51.3 Å². The zero-order valence-corrected chi connectivity index (χ0v) is 14.2. The van der Waals surface area contributed by atoms with E-state index in [1.807, 2.05) is 0 Å². The summed E-state index contributed by atoms with van der Waals surface area (Å²) in [6, 6.07) is 0. The summed E-state index contributed by atoms with van der Waals surface area (Å²) >= 11 is 0. The first-order valence-electron chi connectivity index (χ1n) is 7.78. The highest BCUT2D eigenvalue weighted by Crippen LogP contribution is 2.54. The minimum Gasteiger partial charge on any atom is -0.468 e. The fraction of sp³-hybridized carbons (Fsp3) is 0.750. The van der Waals surface area contributed by atoms with Crippen LogP contribution in [0.4, 0.5) is 0 Å². The number of esters is 4. The number of rotatable bonds is 7. The first-order valence-corrected chi connectivity index (χ1v) is 7.78. The van der Waals surface area contributed by atoms with Gasteiger partial charge in [0.25, 0.3) is 0 Å². The molecule has 0 heterocycles. The molecule has 0 N–H and O–H groups in total. The van der Waals surface area contributed by atoms with E-state index in [9.17, 15) is 19.2 Å². The van der Waals surface area contributed by atoms with E-state index in [4.69, 9.17) is 9.47 Å². The Morgan fingerprint density at radius 2 is 1.04 bits per heavy atom. The molecule has 4 unspecified atom stereocenters. The van der Waals surface area contributed by atoms with Gasteiger partial charge in [0.05, 0.1) is 14.2 Å². The number of methoxy groups -OCH3 is 2. The predicted octanol–water partition coefficient (Wildman–Crippen LogP) is 0.471. The molecule has 4 atom stereocenters. The maximum absolute atomic E-state index is 12.1. The van der Waals surface area contributed by atoms with Crippen molar-refractivity contribution < 1.29 is 38.1 Å². The van der Waals surface area contributed by atoms with Crippen LogP contribution in [0.25, 0.3) is 0 Å². The molecular weight excluding hydrogens is 320 g/mol. The molecule has 0 spiro atoms. The highest BCUT2D eigenvalue weighted by atomic mass is 16.6. The molecular formula is C16H22O8. The first-order chi connectivity index (χ1) is 11.3. The van der Waals surface area contributed by atoms with Gasteiger partial charge in [-0.05, 0) is 24.7 Å². The largest absolute Gasteiger partial charge is 0.468 e. The van der Waals surface area contributed by atoms with E-state index < -0.39 is 34.7 Å². The zero-order valence-electron chi connectivity index (χ0n) is 14.2. The van der Waals surface area contributed by atoms with Gasteiger partial charge in [-0.15, -0.1) is 0 Å². The highest BCUT2D eigenvalue weighted by Gasteiger charge is 2.66. The fourth-order valence-electron chi connectivity index (χ4n) is 3.04. The van der Waals surface area contributed by atoms with Crippen molar-refractivity contribution in [2.24, 2.45) is 22.7 Å². The normalized spacial score (nSPS) is 33.2. The third-order valence-corrected chi connectivity index (χ3v) is 5.00. The third kappa shape index (κ3) is 2.74. The number of ether oxygens (including phenoxy) is 4.